The predicted molar refractivity (Wildman–Crippen MR) is 63.7 cm³/mol. The molecule has 0 aliphatic heterocycles. The molecule has 0 fully saturated rings. The quantitative estimate of drug-likeness (QED) is 0.662. The fraction of sp³-hybridized carbons (Fsp3) is 0. The van der Waals surface area contributed by atoms with E-state index in [4.69, 9.17) is 14.1 Å². The van der Waals surface area contributed by atoms with Crippen molar-refractivity contribution in [3.63, 3.8) is 0 Å². The number of hydrogen-bond donors (Lipinski definition) is 1. The van der Waals surface area contributed by atoms with Gasteiger partial charge in [0, 0.05) is 10.8 Å². The van der Waals surface area contributed by atoms with E-state index >= 15 is 0 Å². The SMILES string of the molecule is OBOc1ccc2oc3ccccc3c2c1. The predicted octanol–water partition coefficient (Wildman–Crippen LogP) is 2.22. The minimum absolute atomic E-state index is 0.318. The molecule has 0 bridgehead atoms. The van der Waals surface area contributed by atoms with Crippen LogP contribution in [0.15, 0.2) is 46.9 Å². The molecule has 0 saturated carbocycles. The number of rotatable bonds is 2. The molecule has 0 unspecified atom stereocenters. The lowest BCUT2D eigenvalue weighted by molar-refractivity contribution is 0.454. The van der Waals surface area contributed by atoms with Gasteiger partial charge in [-0.2, -0.15) is 0 Å². The van der Waals surface area contributed by atoms with Gasteiger partial charge in [-0.25, -0.2) is 0 Å². The molecule has 78 valence electrons. The fourth-order valence-electron chi connectivity index (χ4n) is 1.87. The fourth-order valence-corrected chi connectivity index (χ4v) is 1.87. The van der Waals surface area contributed by atoms with Gasteiger partial charge in [0.25, 0.3) is 0 Å². The van der Waals surface area contributed by atoms with E-state index in [0.29, 0.717) is 5.75 Å². The summed E-state index contributed by atoms with van der Waals surface area (Å²) in [6.45, 7) is 0. The molecule has 3 rings (SSSR count). The molecule has 0 aliphatic carbocycles. The minimum atomic E-state index is -0.318. The first-order valence-electron chi connectivity index (χ1n) is 5.03. The van der Waals surface area contributed by atoms with E-state index in [1.807, 2.05) is 36.4 Å². The van der Waals surface area contributed by atoms with Crippen LogP contribution in [0.1, 0.15) is 0 Å². The van der Waals surface area contributed by atoms with Gasteiger partial charge in [-0.1, -0.05) is 18.2 Å². The Morgan fingerprint density at radius 2 is 1.81 bits per heavy atom. The van der Waals surface area contributed by atoms with Crippen molar-refractivity contribution in [2.24, 2.45) is 0 Å². The molecule has 0 aliphatic rings. The van der Waals surface area contributed by atoms with Crippen LogP contribution in [0.2, 0.25) is 0 Å². The molecule has 3 nitrogen and oxygen atoms in total. The van der Waals surface area contributed by atoms with Crippen molar-refractivity contribution < 1.29 is 14.1 Å². The van der Waals surface area contributed by atoms with E-state index in [9.17, 15) is 0 Å². The van der Waals surface area contributed by atoms with Crippen LogP contribution in [0.4, 0.5) is 0 Å². The van der Waals surface area contributed by atoms with Crippen molar-refractivity contribution in [3.8, 4) is 5.75 Å². The smallest absolute Gasteiger partial charge is 0.504 e. The number of hydrogen-bond acceptors (Lipinski definition) is 3. The van der Waals surface area contributed by atoms with Crippen molar-refractivity contribution >= 4 is 29.6 Å². The molecule has 1 N–H and O–H groups in total. The minimum Gasteiger partial charge on any atom is -0.539 e. The van der Waals surface area contributed by atoms with Gasteiger partial charge in [0.05, 0.1) is 0 Å². The summed E-state index contributed by atoms with van der Waals surface area (Å²) in [5, 5.41) is 10.8. The first kappa shape index (κ1) is 9.30. The summed E-state index contributed by atoms with van der Waals surface area (Å²) in [5.74, 6) is 0.640. The lowest BCUT2D eigenvalue weighted by Crippen LogP contribution is -1.98. The maximum absolute atomic E-state index is 8.71. The lowest BCUT2D eigenvalue weighted by atomic mass is 10.1. The lowest BCUT2D eigenvalue weighted by Gasteiger charge is -2.00. The zero-order valence-electron chi connectivity index (χ0n) is 8.51. The summed E-state index contributed by atoms with van der Waals surface area (Å²) in [6, 6.07) is 13.3. The maximum Gasteiger partial charge on any atom is 0.504 e. The van der Waals surface area contributed by atoms with Crippen LogP contribution < -0.4 is 4.65 Å². The first-order chi connectivity index (χ1) is 7.88. The van der Waals surface area contributed by atoms with Gasteiger partial charge in [0.15, 0.2) is 0 Å². The zero-order valence-corrected chi connectivity index (χ0v) is 8.51. The monoisotopic (exact) mass is 212 g/mol. The largest absolute Gasteiger partial charge is 0.539 e. The third kappa shape index (κ3) is 1.35. The van der Waals surface area contributed by atoms with E-state index in [0.717, 1.165) is 21.9 Å². The number of furan rings is 1. The summed E-state index contributed by atoms with van der Waals surface area (Å²) in [4.78, 5) is 0. The van der Waals surface area contributed by atoms with Gasteiger partial charge in [0.1, 0.15) is 16.9 Å². The van der Waals surface area contributed by atoms with Crippen LogP contribution in [0.3, 0.4) is 0 Å². The molecule has 1 aromatic heterocycles. The third-order valence-corrected chi connectivity index (χ3v) is 2.58. The molecule has 2 aromatic carbocycles. The second-order valence-electron chi connectivity index (χ2n) is 3.53. The average Bonchev–Trinajstić information content (AvgIpc) is 2.68. The molecule has 0 atom stereocenters. The van der Waals surface area contributed by atoms with Gasteiger partial charge in [-0.15, -0.1) is 0 Å². The summed E-state index contributed by atoms with van der Waals surface area (Å²) in [5.41, 5.74) is 1.69. The van der Waals surface area contributed by atoms with E-state index < -0.39 is 0 Å². The van der Waals surface area contributed by atoms with Crippen molar-refractivity contribution in [2.75, 3.05) is 0 Å². The normalized spacial score (nSPS) is 10.8. The van der Waals surface area contributed by atoms with E-state index in [1.54, 1.807) is 6.07 Å². The molecule has 3 aromatic rings. The van der Waals surface area contributed by atoms with Gasteiger partial charge in [-0.05, 0) is 24.3 Å². The number of fused-ring (bicyclic) bond motifs is 3. The summed E-state index contributed by atoms with van der Waals surface area (Å²) in [6.07, 6.45) is 0. The van der Waals surface area contributed by atoms with Crippen LogP contribution in [-0.4, -0.2) is 12.7 Å². The molecule has 0 amide bonds. The van der Waals surface area contributed by atoms with Crippen LogP contribution in [0, 0.1) is 0 Å². The Morgan fingerprint density at radius 1 is 1.00 bits per heavy atom. The van der Waals surface area contributed by atoms with Crippen LogP contribution in [0.25, 0.3) is 21.9 Å². The molecule has 0 radical (unpaired) electrons. The molecule has 1 heterocycles. The van der Waals surface area contributed by atoms with Crippen LogP contribution in [0.5, 0.6) is 5.75 Å². The maximum atomic E-state index is 8.71. The second kappa shape index (κ2) is 3.57. The standard InChI is InChI=1S/C12H9BO3/c14-13-16-8-5-6-12-10(7-8)9-3-1-2-4-11(9)15-12/h1-7,13-14H. The van der Waals surface area contributed by atoms with Gasteiger partial charge < -0.3 is 14.1 Å². The van der Waals surface area contributed by atoms with Crippen molar-refractivity contribution in [2.45, 2.75) is 0 Å². The van der Waals surface area contributed by atoms with Crippen molar-refractivity contribution in [3.05, 3.63) is 42.5 Å². The highest BCUT2D eigenvalue weighted by Gasteiger charge is 2.06. The summed E-state index contributed by atoms with van der Waals surface area (Å²) in [7, 11) is -0.318. The first-order valence-corrected chi connectivity index (χ1v) is 5.03. The highest BCUT2D eigenvalue weighted by Crippen LogP contribution is 2.30. The highest BCUT2D eigenvalue weighted by molar-refractivity contribution is 6.17. The van der Waals surface area contributed by atoms with Gasteiger partial charge in [-0.3, -0.25) is 0 Å². The van der Waals surface area contributed by atoms with Crippen LogP contribution in [-0.2, 0) is 0 Å². The van der Waals surface area contributed by atoms with Crippen molar-refractivity contribution in [1.29, 1.82) is 0 Å². The number of para-hydroxylation sites is 1. The molecule has 4 heteroatoms. The topological polar surface area (TPSA) is 42.6 Å². The van der Waals surface area contributed by atoms with E-state index in [-0.39, 0.29) is 7.69 Å². The molecule has 0 saturated heterocycles. The second-order valence-corrected chi connectivity index (χ2v) is 3.53. The van der Waals surface area contributed by atoms with E-state index in [1.165, 1.54) is 0 Å². The molecule has 16 heavy (non-hydrogen) atoms. The zero-order chi connectivity index (χ0) is 11.0. The highest BCUT2D eigenvalue weighted by atomic mass is 16.5. The summed E-state index contributed by atoms with van der Waals surface area (Å²) < 4.78 is 10.7. The number of benzene rings is 2. The Morgan fingerprint density at radius 3 is 2.69 bits per heavy atom. The van der Waals surface area contributed by atoms with E-state index in [2.05, 4.69) is 0 Å². The Labute approximate surface area is 92.6 Å². The van der Waals surface area contributed by atoms with Crippen molar-refractivity contribution in [1.82, 2.24) is 0 Å². The molecular formula is C12H9BO3. The van der Waals surface area contributed by atoms with Gasteiger partial charge >= 0.3 is 7.69 Å². The third-order valence-electron chi connectivity index (χ3n) is 2.58. The molecular weight excluding hydrogens is 203 g/mol. The molecule has 0 spiro atoms. The Hall–Kier alpha value is -1.94. The van der Waals surface area contributed by atoms with Crippen LogP contribution >= 0.6 is 0 Å². The Bertz CT molecular complexity index is 645. The average molecular weight is 212 g/mol. The Kier molecular flexibility index (Phi) is 2.08. The van der Waals surface area contributed by atoms with Gasteiger partial charge in [0.2, 0.25) is 0 Å². The summed E-state index contributed by atoms with van der Waals surface area (Å²) >= 11 is 0. The Balaban J connectivity index is 2.31.